The summed E-state index contributed by atoms with van der Waals surface area (Å²) in [6.07, 6.45) is 0.516. The van der Waals surface area contributed by atoms with Crippen LogP contribution in [0, 0.1) is 0 Å². The van der Waals surface area contributed by atoms with Crippen LogP contribution in [0.3, 0.4) is 0 Å². The zero-order chi connectivity index (χ0) is 24.1. The number of amides is 3. The molecule has 3 amide bonds. The van der Waals surface area contributed by atoms with Gasteiger partial charge in [-0.3, -0.25) is 19.2 Å². The Morgan fingerprint density at radius 3 is 2.19 bits per heavy atom. The zero-order valence-electron chi connectivity index (χ0n) is 18.7. The van der Waals surface area contributed by atoms with E-state index in [1.54, 1.807) is 0 Å². The van der Waals surface area contributed by atoms with Gasteiger partial charge in [0.15, 0.2) is 0 Å². The number of aliphatic hydroxyl groups is 1. The predicted octanol–water partition coefficient (Wildman–Crippen LogP) is -1.89. The number of hydrogen-bond acceptors (Lipinski definition) is 8. The van der Waals surface area contributed by atoms with E-state index in [1.807, 2.05) is 27.7 Å². The number of nitrogens with two attached hydrogens (primary N) is 1. The first-order valence-electron chi connectivity index (χ1n) is 9.96. The van der Waals surface area contributed by atoms with E-state index in [0.717, 1.165) is 0 Å². The van der Waals surface area contributed by atoms with Gasteiger partial charge in [0, 0.05) is 13.0 Å². The van der Waals surface area contributed by atoms with E-state index in [4.69, 9.17) is 20.3 Å². The fraction of sp³-hybridized carbons (Fsp3) is 0.789. The fourth-order valence-electron chi connectivity index (χ4n) is 2.23. The minimum absolute atomic E-state index is 0.125. The molecule has 12 heteroatoms. The van der Waals surface area contributed by atoms with Crippen LogP contribution < -0.4 is 21.7 Å². The van der Waals surface area contributed by atoms with Gasteiger partial charge in [0.1, 0.15) is 12.6 Å². The van der Waals surface area contributed by atoms with Crippen LogP contribution in [0.15, 0.2) is 0 Å². The molecule has 0 aromatic heterocycles. The first-order chi connectivity index (χ1) is 14.3. The highest BCUT2D eigenvalue weighted by molar-refractivity contribution is 5.88. The molecule has 0 fully saturated rings. The number of carbonyl (C=O) groups excluding carboxylic acids is 3. The maximum Gasteiger partial charge on any atom is 0.322 e. The van der Waals surface area contributed by atoms with E-state index in [9.17, 15) is 24.3 Å². The summed E-state index contributed by atoms with van der Waals surface area (Å²) >= 11 is 0. The van der Waals surface area contributed by atoms with Gasteiger partial charge in [-0.1, -0.05) is 0 Å². The summed E-state index contributed by atoms with van der Waals surface area (Å²) in [6, 6.07) is -1.08. The molecule has 180 valence electrons. The first-order valence-corrected chi connectivity index (χ1v) is 9.96. The van der Waals surface area contributed by atoms with Gasteiger partial charge in [0.2, 0.25) is 17.7 Å². The molecular weight excluding hydrogens is 412 g/mol. The van der Waals surface area contributed by atoms with Crippen molar-refractivity contribution in [3.63, 3.8) is 0 Å². The average molecular weight is 449 g/mol. The molecule has 1 atom stereocenters. The molecule has 12 nitrogen and oxygen atoms in total. The van der Waals surface area contributed by atoms with Crippen molar-refractivity contribution in [1.29, 1.82) is 0 Å². The van der Waals surface area contributed by atoms with E-state index >= 15 is 0 Å². The standard InChI is InChI=1S/C19H36N4O8/c1-18(2,6-5-14(25)22-10-16(27)28)31-12-19(3,4)30-8-7-21-17(29)13(11-24)23-15(26)9-20/h13,24H,5-12,20H2,1-4H3,(H,21,29)(H,22,25)(H,23,26)(H,27,28)/t13-/m0/s1. The van der Waals surface area contributed by atoms with Gasteiger partial charge in [0.05, 0.1) is 37.6 Å². The van der Waals surface area contributed by atoms with Crippen LogP contribution in [0.4, 0.5) is 0 Å². The van der Waals surface area contributed by atoms with E-state index in [0.29, 0.717) is 6.42 Å². The number of carboxylic acid groups (broad SMARTS) is 1. The van der Waals surface area contributed by atoms with Crippen molar-refractivity contribution in [2.75, 3.05) is 39.5 Å². The SMILES string of the molecule is CC(C)(CCC(=O)NCC(=O)O)OCC(C)(C)OCCNC(=O)[C@H](CO)NC(=O)CN. The van der Waals surface area contributed by atoms with Crippen molar-refractivity contribution in [3.8, 4) is 0 Å². The monoisotopic (exact) mass is 448 g/mol. The van der Waals surface area contributed by atoms with Gasteiger partial charge in [0.25, 0.3) is 0 Å². The smallest absolute Gasteiger partial charge is 0.322 e. The summed E-state index contributed by atoms with van der Waals surface area (Å²) in [5.41, 5.74) is 3.85. The lowest BCUT2D eigenvalue weighted by atomic mass is 10.0. The predicted molar refractivity (Wildman–Crippen MR) is 111 cm³/mol. The highest BCUT2D eigenvalue weighted by Gasteiger charge is 2.26. The van der Waals surface area contributed by atoms with Crippen LogP contribution in [-0.4, -0.2) is 90.6 Å². The van der Waals surface area contributed by atoms with Crippen LogP contribution in [-0.2, 0) is 28.7 Å². The third kappa shape index (κ3) is 14.4. The molecule has 7 N–H and O–H groups in total. The third-order valence-corrected chi connectivity index (χ3v) is 4.12. The van der Waals surface area contributed by atoms with Crippen LogP contribution in [0.5, 0.6) is 0 Å². The summed E-state index contributed by atoms with van der Waals surface area (Å²) in [7, 11) is 0. The summed E-state index contributed by atoms with van der Waals surface area (Å²) in [5.74, 6) is -2.57. The normalized spacial score (nSPS) is 12.7. The van der Waals surface area contributed by atoms with Gasteiger partial charge in [-0.2, -0.15) is 0 Å². The molecule has 0 heterocycles. The van der Waals surface area contributed by atoms with E-state index in [2.05, 4.69) is 16.0 Å². The van der Waals surface area contributed by atoms with Crippen molar-refractivity contribution < 1.29 is 38.9 Å². The van der Waals surface area contributed by atoms with Crippen LogP contribution in [0.1, 0.15) is 40.5 Å². The maximum absolute atomic E-state index is 11.9. The molecule has 0 saturated heterocycles. The van der Waals surface area contributed by atoms with Crippen molar-refractivity contribution in [2.24, 2.45) is 5.73 Å². The lowest BCUT2D eigenvalue weighted by Gasteiger charge is -2.32. The van der Waals surface area contributed by atoms with Crippen molar-refractivity contribution in [2.45, 2.75) is 57.8 Å². The molecule has 0 saturated carbocycles. The third-order valence-electron chi connectivity index (χ3n) is 4.12. The molecule has 0 aliphatic heterocycles. The number of rotatable bonds is 16. The highest BCUT2D eigenvalue weighted by Crippen LogP contribution is 2.20. The van der Waals surface area contributed by atoms with Gasteiger partial charge in [-0.15, -0.1) is 0 Å². The summed E-state index contributed by atoms with van der Waals surface area (Å²) < 4.78 is 11.6. The molecule has 0 aliphatic carbocycles. The Morgan fingerprint density at radius 2 is 1.65 bits per heavy atom. The van der Waals surface area contributed by atoms with Gasteiger partial charge >= 0.3 is 5.97 Å². The Morgan fingerprint density at radius 1 is 1.00 bits per heavy atom. The molecule has 0 spiro atoms. The number of nitrogens with one attached hydrogen (secondary N) is 3. The van der Waals surface area contributed by atoms with Crippen LogP contribution >= 0.6 is 0 Å². The summed E-state index contributed by atoms with van der Waals surface area (Å²) in [5, 5.41) is 24.9. The largest absolute Gasteiger partial charge is 0.480 e. The quantitative estimate of drug-likeness (QED) is 0.147. The number of aliphatic hydroxyl groups excluding tert-OH is 1. The Labute approximate surface area is 182 Å². The van der Waals surface area contributed by atoms with Crippen LogP contribution in [0.25, 0.3) is 0 Å². The van der Waals surface area contributed by atoms with Crippen molar-refractivity contribution in [3.05, 3.63) is 0 Å². The first kappa shape index (κ1) is 28.7. The van der Waals surface area contributed by atoms with Gasteiger partial charge in [-0.25, -0.2) is 0 Å². The molecule has 0 rings (SSSR count). The molecular formula is C19H36N4O8. The molecule has 0 aromatic rings. The number of ether oxygens (including phenoxy) is 2. The zero-order valence-corrected chi connectivity index (χ0v) is 18.7. The Balaban J connectivity index is 4.26. The molecule has 0 radical (unpaired) electrons. The Hall–Kier alpha value is -2.28. The lowest BCUT2D eigenvalue weighted by Crippen LogP contribution is -2.51. The van der Waals surface area contributed by atoms with E-state index < -0.39 is 48.2 Å². The fourth-order valence-corrected chi connectivity index (χ4v) is 2.23. The minimum atomic E-state index is -1.11. The van der Waals surface area contributed by atoms with Crippen molar-refractivity contribution >= 4 is 23.7 Å². The number of hydrogen-bond donors (Lipinski definition) is 6. The number of carboxylic acids is 1. The second-order valence-corrected chi connectivity index (χ2v) is 8.12. The molecule has 31 heavy (non-hydrogen) atoms. The van der Waals surface area contributed by atoms with Gasteiger partial charge < -0.3 is 41.4 Å². The second-order valence-electron chi connectivity index (χ2n) is 8.12. The van der Waals surface area contributed by atoms with E-state index in [1.165, 1.54) is 0 Å². The lowest BCUT2D eigenvalue weighted by molar-refractivity contribution is -0.138. The van der Waals surface area contributed by atoms with E-state index in [-0.39, 0.29) is 38.6 Å². The Bertz CT molecular complexity index is 610. The summed E-state index contributed by atoms with van der Waals surface area (Å²) in [6.45, 7) is 6.54. The number of aliphatic carboxylic acids is 1. The molecule has 0 aromatic carbocycles. The molecule has 0 unspecified atom stereocenters. The molecule has 0 bridgehead atoms. The maximum atomic E-state index is 11.9. The highest BCUT2D eigenvalue weighted by atomic mass is 16.6. The molecule has 0 aliphatic rings. The van der Waals surface area contributed by atoms with Crippen LogP contribution in [0.2, 0.25) is 0 Å². The topological polar surface area (TPSA) is 189 Å². The summed E-state index contributed by atoms with van der Waals surface area (Å²) in [4.78, 5) is 45.3. The Kier molecular flexibility index (Phi) is 12.9. The average Bonchev–Trinajstić information content (AvgIpc) is 2.70. The van der Waals surface area contributed by atoms with Crippen molar-refractivity contribution in [1.82, 2.24) is 16.0 Å². The minimum Gasteiger partial charge on any atom is -0.480 e. The van der Waals surface area contributed by atoms with Gasteiger partial charge in [-0.05, 0) is 34.1 Å². The second kappa shape index (κ2) is 13.9. The number of carbonyl (C=O) groups is 4.